The Bertz CT molecular complexity index is 1220. The molecule has 0 spiro atoms. The number of allylic oxidation sites excluding steroid dienone is 1. The summed E-state index contributed by atoms with van der Waals surface area (Å²) < 4.78 is 7.22. The summed E-state index contributed by atoms with van der Waals surface area (Å²) in [6, 6.07) is 27.7. The largest absolute Gasteiger partial charge is 0.497 e. The summed E-state index contributed by atoms with van der Waals surface area (Å²) in [5.41, 5.74) is 3.05. The molecule has 0 fully saturated rings. The summed E-state index contributed by atoms with van der Waals surface area (Å²) in [4.78, 5) is 15.1. The lowest BCUT2D eigenvalue weighted by Gasteiger charge is -2.29. The van der Waals surface area contributed by atoms with Crippen LogP contribution in [0.15, 0.2) is 103 Å². The summed E-state index contributed by atoms with van der Waals surface area (Å²) >= 11 is 1.38. The number of amides is 1. The molecule has 35 heavy (non-hydrogen) atoms. The minimum absolute atomic E-state index is 0.00635. The fraction of sp³-hybridized carbons (Fsp3) is 0.179. The van der Waals surface area contributed by atoms with Gasteiger partial charge < -0.3 is 9.64 Å². The van der Waals surface area contributed by atoms with E-state index in [1.807, 2.05) is 72.3 Å². The van der Waals surface area contributed by atoms with Gasteiger partial charge in [0.15, 0.2) is 11.0 Å². The molecule has 0 aliphatic heterocycles. The number of hydrogen-bond donors (Lipinski definition) is 0. The van der Waals surface area contributed by atoms with Gasteiger partial charge in [0.2, 0.25) is 5.91 Å². The lowest BCUT2D eigenvalue weighted by Crippen LogP contribution is -2.33. The molecule has 0 bridgehead atoms. The van der Waals surface area contributed by atoms with Crippen LogP contribution in [0.2, 0.25) is 0 Å². The number of carbonyl (C=O) groups excluding carboxylic acids is 1. The smallest absolute Gasteiger partial charge is 0.233 e. The fourth-order valence-electron chi connectivity index (χ4n) is 3.93. The van der Waals surface area contributed by atoms with Crippen molar-refractivity contribution in [2.75, 3.05) is 19.9 Å². The first kappa shape index (κ1) is 24.3. The predicted octanol–water partition coefficient (Wildman–Crippen LogP) is 5.48. The van der Waals surface area contributed by atoms with E-state index in [4.69, 9.17) is 4.74 Å². The van der Waals surface area contributed by atoms with Crippen LogP contribution in [0, 0.1) is 0 Å². The molecule has 0 aliphatic carbocycles. The Labute approximate surface area is 210 Å². The first-order chi connectivity index (χ1) is 17.1. The highest BCUT2D eigenvalue weighted by Gasteiger charge is 2.24. The third-order valence-corrected chi connectivity index (χ3v) is 6.66. The second kappa shape index (κ2) is 11.5. The second-order valence-electron chi connectivity index (χ2n) is 7.95. The minimum atomic E-state index is -0.175. The number of thioether (sulfide) groups is 1. The third kappa shape index (κ3) is 5.63. The number of methoxy groups -OCH3 is 1. The van der Waals surface area contributed by atoms with Crippen LogP contribution in [-0.4, -0.2) is 45.5 Å². The zero-order valence-electron chi connectivity index (χ0n) is 19.9. The Morgan fingerprint density at radius 3 is 2.14 bits per heavy atom. The Hall–Kier alpha value is -3.84. The van der Waals surface area contributed by atoms with Gasteiger partial charge in [-0.2, -0.15) is 0 Å². The minimum Gasteiger partial charge on any atom is -0.497 e. The molecule has 1 heterocycles. The standard InChI is InChI=1S/C28H28N4O2S/c1-4-19-32-27(23-15-17-24(34-3)18-16-23)29-30-28(32)35-20-25(33)31(2)26(21-11-7-5-8-12-21)22-13-9-6-10-14-22/h4-18,26H,1,19-20H2,2-3H3. The van der Waals surface area contributed by atoms with Crippen molar-refractivity contribution in [1.82, 2.24) is 19.7 Å². The number of rotatable bonds is 10. The van der Waals surface area contributed by atoms with Crippen LogP contribution < -0.4 is 4.74 Å². The highest BCUT2D eigenvalue weighted by molar-refractivity contribution is 7.99. The average Bonchev–Trinajstić information content (AvgIpc) is 3.31. The van der Waals surface area contributed by atoms with E-state index < -0.39 is 0 Å². The number of carbonyl (C=O) groups is 1. The van der Waals surface area contributed by atoms with Crippen LogP contribution in [-0.2, 0) is 11.3 Å². The van der Waals surface area contributed by atoms with Gasteiger partial charge in [0.25, 0.3) is 0 Å². The molecule has 0 N–H and O–H groups in total. The number of benzene rings is 3. The molecule has 7 heteroatoms. The summed E-state index contributed by atoms with van der Waals surface area (Å²) in [5, 5.41) is 9.44. The summed E-state index contributed by atoms with van der Waals surface area (Å²) in [6.07, 6.45) is 1.80. The molecule has 4 rings (SSSR count). The van der Waals surface area contributed by atoms with Gasteiger partial charge in [-0.15, -0.1) is 16.8 Å². The van der Waals surface area contributed by atoms with E-state index in [1.54, 1.807) is 18.1 Å². The van der Waals surface area contributed by atoms with Crippen molar-refractivity contribution in [2.45, 2.75) is 17.7 Å². The molecular formula is C28H28N4O2S. The quantitative estimate of drug-likeness (QED) is 0.220. The van der Waals surface area contributed by atoms with Gasteiger partial charge in [-0.05, 0) is 35.4 Å². The average molecular weight is 485 g/mol. The summed E-state index contributed by atoms with van der Waals surface area (Å²) in [6.45, 7) is 4.41. The molecule has 0 atom stereocenters. The summed E-state index contributed by atoms with van der Waals surface area (Å²) in [5.74, 6) is 1.75. The van der Waals surface area contributed by atoms with Gasteiger partial charge >= 0.3 is 0 Å². The second-order valence-corrected chi connectivity index (χ2v) is 8.89. The maximum Gasteiger partial charge on any atom is 0.233 e. The van der Waals surface area contributed by atoms with Crippen molar-refractivity contribution < 1.29 is 9.53 Å². The molecule has 1 aromatic heterocycles. The third-order valence-electron chi connectivity index (χ3n) is 5.71. The SMILES string of the molecule is C=CCn1c(SCC(=O)N(C)C(c2ccccc2)c2ccccc2)nnc1-c1ccc(OC)cc1. The molecule has 178 valence electrons. The zero-order valence-corrected chi connectivity index (χ0v) is 20.7. The number of aromatic nitrogens is 3. The van der Waals surface area contributed by atoms with Gasteiger partial charge in [0.1, 0.15) is 5.75 Å². The van der Waals surface area contributed by atoms with E-state index in [0.29, 0.717) is 11.7 Å². The van der Waals surface area contributed by atoms with Crippen LogP contribution >= 0.6 is 11.8 Å². The Balaban J connectivity index is 1.54. The molecule has 4 aromatic rings. The Kier molecular flexibility index (Phi) is 8.00. The molecule has 6 nitrogen and oxygen atoms in total. The van der Waals surface area contributed by atoms with E-state index in [1.165, 1.54) is 11.8 Å². The van der Waals surface area contributed by atoms with Crippen molar-refractivity contribution in [3.05, 3.63) is 109 Å². The van der Waals surface area contributed by atoms with Crippen LogP contribution in [0.5, 0.6) is 5.75 Å². The van der Waals surface area contributed by atoms with Crippen LogP contribution in [0.3, 0.4) is 0 Å². The summed E-state index contributed by atoms with van der Waals surface area (Å²) in [7, 11) is 3.49. The molecule has 0 radical (unpaired) electrons. The molecule has 1 amide bonds. The van der Waals surface area contributed by atoms with E-state index in [9.17, 15) is 4.79 Å². The van der Waals surface area contributed by atoms with Crippen molar-refractivity contribution in [2.24, 2.45) is 0 Å². The van der Waals surface area contributed by atoms with Crippen LogP contribution in [0.4, 0.5) is 0 Å². The van der Waals surface area contributed by atoms with Gasteiger partial charge in [-0.3, -0.25) is 9.36 Å². The fourth-order valence-corrected chi connectivity index (χ4v) is 4.80. The highest BCUT2D eigenvalue weighted by Crippen LogP contribution is 2.30. The van der Waals surface area contributed by atoms with Crippen LogP contribution in [0.1, 0.15) is 17.2 Å². The van der Waals surface area contributed by atoms with Crippen molar-refractivity contribution in [1.29, 1.82) is 0 Å². The molecule has 0 unspecified atom stereocenters. The van der Waals surface area contributed by atoms with E-state index in [-0.39, 0.29) is 17.7 Å². The number of hydrogen-bond acceptors (Lipinski definition) is 5. The lowest BCUT2D eigenvalue weighted by atomic mass is 9.97. The zero-order chi connectivity index (χ0) is 24.6. The van der Waals surface area contributed by atoms with E-state index in [2.05, 4.69) is 41.0 Å². The van der Waals surface area contributed by atoms with Gasteiger partial charge in [-0.25, -0.2) is 0 Å². The molecule has 0 aliphatic rings. The molecule has 0 saturated heterocycles. The maximum atomic E-state index is 13.3. The topological polar surface area (TPSA) is 60.2 Å². The highest BCUT2D eigenvalue weighted by atomic mass is 32.2. The van der Waals surface area contributed by atoms with Crippen LogP contribution in [0.25, 0.3) is 11.4 Å². The van der Waals surface area contributed by atoms with Gasteiger partial charge in [-0.1, -0.05) is 78.5 Å². The Morgan fingerprint density at radius 2 is 1.60 bits per heavy atom. The lowest BCUT2D eigenvalue weighted by molar-refractivity contribution is -0.128. The van der Waals surface area contributed by atoms with Gasteiger partial charge in [0.05, 0.1) is 18.9 Å². The predicted molar refractivity (Wildman–Crippen MR) is 140 cm³/mol. The molecule has 0 saturated carbocycles. The van der Waals surface area contributed by atoms with Gasteiger partial charge in [0, 0.05) is 19.2 Å². The van der Waals surface area contributed by atoms with Crippen molar-refractivity contribution in [3.63, 3.8) is 0 Å². The van der Waals surface area contributed by atoms with Crippen molar-refractivity contribution in [3.8, 4) is 17.1 Å². The number of ether oxygens (including phenoxy) is 1. The normalized spacial score (nSPS) is 10.8. The Morgan fingerprint density at radius 1 is 1.00 bits per heavy atom. The molecule has 3 aromatic carbocycles. The maximum absolute atomic E-state index is 13.3. The van der Waals surface area contributed by atoms with E-state index >= 15 is 0 Å². The van der Waals surface area contributed by atoms with E-state index in [0.717, 1.165) is 28.3 Å². The number of nitrogens with zero attached hydrogens (tertiary/aromatic N) is 4. The molecular weight excluding hydrogens is 456 g/mol. The first-order valence-corrected chi connectivity index (χ1v) is 12.3. The monoisotopic (exact) mass is 484 g/mol. The van der Waals surface area contributed by atoms with Crippen molar-refractivity contribution >= 4 is 17.7 Å². The first-order valence-electron chi connectivity index (χ1n) is 11.3.